The summed E-state index contributed by atoms with van der Waals surface area (Å²) in [7, 11) is 0. The first-order valence-electron chi connectivity index (χ1n) is 11.3. The van der Waals surface area contributed by atoms with Crippen molar-refractivity contribution in [3.8, 4) is 35.3 Å². The summed E-state index contributed by atoms with van der Waals surface area (Å²) in [6.07, 6.45) is 0.321. The molecule has 4 aromatic rings. The van der Waals surface area contributed by atoms with Gasteiger partial charge in [-0.2, -0.15) is 5.26 Å². The first kappa shape index (κ1) is 26.1. The van der Waals surface area contributed by atoms with Gasteiger partial charge < -0.3 is 10.1 Å². The zero-order chi connectivity index (χ0) is 26.0. The number of nitriles is 1. The third kappa shape index (κ3) is 5.55. The van der Waals surface area contributed by atoms with E-state index in [9.17, 15) is 10.1 Å². The van der Waals surface area contributed by atoms with Gasteiger partial charge in [-0.25, -0.2) is 9.64 Å². The number of carbonyl (C=O) groups excluding carboxylic acids is 1. The van der Waals surface area contributed by atoms with Crippen LogP contribution in [0.15, 0.2) is 29.6 Å². The van der Waals surface area contributed by atoms with E-state index in [2.05, 4.69) is 41.4 Å². The molecule has 4 heterocycles. The number of amides is 1. The molecule has 0 atom stereocenters. The first-order chi connectivity index (χ1) is 17.1. The molecule has 184 valence electrons. The summed E-state index contributed by atoms with van der Waals surface area (Å²) in [4.78, 5) is 23.0. The van der Waals surface area contributed by atoms with Crippen LogP contribution in [0.1, 0.15) is 42.3 Å². The maximum Gasteiger partial charge on any atom is 0.407 e. The van der Waals surface area contributed by atoms with E-state index < -0.39 is 11.7 Å². The van der Waals surface area contributed by atoms with Crippen LogP contribution in [-0.4, -0.2) is 18.2 Å². The minimum absolute atomic E-state index is 0.404. The number of hydrogen-bond donors (Lipinski definition) is 1. The summed E-state index contributed by atoms with van der Waals surface area (Å²) in [6.45, 7) is 18.0. The molecule has 0 aliphatic heterocycles. The molecule has 0 saturated carbocycles. The topological polar surface area (TPSA) is 66.5 Å². The smallest absolute Gasteiger partial charge is 0.407 e. The normalized spacial score (nSPS) is 11.2. The van der Waals surface area contributed by atoms with E-state index in [4.69, 9.17) is 11.3 Å². The Balaban J connectivity index is 1.57. The highest BCUT2D eigenvalue weighted by molar-refractivity contribution is 7.29. The predicted octanol–water partition coefficient (Wildman–Crippen LogP) is 9.04. The molecule has 4 rings (SSSR count). The Hall–Kier alpha value is -2.95. The molecule has 0 aliphatic rings. The van der Waals surface area contributed by atoms with E-state index in [1.807, 2.05) is 39.1 Å². The molecule has 0 saturated heterocycles. The van der Waals surface area contributed by atoms with Gasteiger partial charge in [0, 0.05) is 30.9 Å². The summed E-state index contributed by atoms with van der Waals surface area (Å²) in [6, 6.07) is 10.7. The monoisotopic (exact) mass is 551 g/mol. The Morgan fingerprint density at radius 2 is 1.83 bits per heavy atom. The number of ether oxygens (including phenoxy) is 1. The number of rotatable bonds is 6. The lowest BCUT2D eigenvalue weighted by atomic mass is 10.1. The molecule has 0 radical (unpaired) electrons. The van der Waals surface area contributed by atoms with Crippen LogP contribution in [0.3, 0.4) is 0 Å². The summed E-state index contributed by atoms with van der Waals surface area (Å²) in [5.74, 6) is 0. The van der Waals surface area contributed by atoms with Crippen molar-refractivity contribution in [3.05, 3.63) is 62.6 Å². The zero-order valence-corrected chi connectivity index (χ0v) is 23.9. The van der Waals surface area contributed by atoms with Gasteiger partial charge in [0.05, 0.1) is 28.0 Å². The minimum Gasteiger partial charge on any atom is -0.444 e. The first-order valence-corrected chi connectivity index (χ1v) is 14.6. The van der Waals surface area contributed by atoms with E-state index in [0.717, 1.165) is 46.8 Å². The Kier molecular flexibility index (Phi) is 7.67. The van der Waals surface area contributed by atoms with Gasteiger partial charge in [0.15, 0.2) is 0 Å². The molecular formula is C27H25N3O2S4. The molecule has 0 fully saturated rings. The SMILES string of the molecule is [C-]#[N+]c1c(-c2sc(-c3ccc(CCNC(=O)OC(C)(C)C)s3)cc2C)sc(-c2sccc2C)c1C#N. The summed E-state index contributed by atoms with van der Waals surface area (Å²) in [5.41, 5.74) is 2.63. The fourth-order valence-electron chi connectivity index (χ4n) is 3.63. The lowest BCUT2D eigenvalue weighted by Crippen LogP contribution is -2.33. The zero-order valence-electron chi connectivity index (χ0n) is 20.6. The molecular weight excluding hydrogens is 527 g/mol. The van der Waals surface area contributed by atoms with Crippen LogP contribution >= 0.6 is 45.3 Å². The lowest BCUT2D eigenvalue weighted by molar-refractivity contribution is 0.0528. The van der Waals surface area contributed by atoms with Crippen molar-refractivity contribution in [1.82, 2.24) is 5.32 Å². The molecule has 0 aromatic carbocycles. The third-order valence-electron chi connectivity index (χ3n) is 5.24. The molecule has 5 nitrogen and oxygen atoms in total. The van der Waals surface area contributed by atoms with Crippen LogP contribution in [0.4, 0.5) is 10.5 Å². The number of carbonyl (C=O) groups is 1. The van der Waals surface area contributed by atoms with Crippen molar-refractivity contribution in [2.75, 3.05) is 6.54 Å². The van der Waals surface area contributed by atoms with Crippen molar-refractivity contribution in [1.29, 1.82) is 5.26 Å². The van der Waals surface area contributed by atoms with Crippen LogP contribution in [0.2, 0.25) is 0 Å². The maximum atomic E-state index is 11.9. The third-order valence-corrected chi connectivity index (χ3v) is 10.3. The van der Waals surface area contributed by atoms with Gasteiger partial charge in [-0.1, -0.05) is 0 Å². The molecule has 0 unspecified atom stereocenters. The van der Waals surface area contributed by atoms with Crippen LogP contribution in [0, 0.1) is 31.8 Å². The van der Waals surface area contributed by atoms with Gasteiger partial charge >= 0.3 is 6.09 Å². The van der Waals surface area contributed by atoms with Crippen molar-refractivity contribution < 1.29 is 9.53 Å². The highest BCUT2D eigenvalue weighted by atomic mass is 32.1. The molecule has 9 heteroatoms. The summed E-state index contributed by atoms with van der Waals surface area (Å²) >= 11 is 6.51. The summed E-state index contributed by atoms with van der Waals surface area (Å²) in [5, 5.41) is 14.7. The molecule has 0 aliphatic carbocycles. The van der Waals surface area contributed by atoms with Crippen molar-refractivity contribution in [2.45, 2.75) is 46.6 Å². The number of nitrogens with zero attached hydrogens (tertiary/aromatic N) is 2. The van der Waals surface area contributed by atoms with Gasteiger partial charge in [0.1, 0.15) is 5.60 Å². The van der Waals surface area contributed by atoms with Gasteiger partial charge in [0.2, 0.25) is 5.69 Å². The molecule has 1 N–H and O–H groups in total. The van der Waals surface area contributed by atoms with Gasteiger partial charge in [-0.05, 0) is 81.8 Å². The van der Waals surface area contributed by atoms with Crippen LogP contribution < -0.4 is 5.32 Å². The number of alkyl carbamates (subject to hydrolysis) is 1. The van der Waals surface area contributed by atoms with E-state index >= 15 is 0 Å². The van der Waals surface area contributed by atoms with Gasteiger partial charge in [-0.3, -0.25) is 0 Å². The largest absolute Gasteiger partial charge is 0.444 e. The van der Waals surface area contributed by atoms with Gasteiger partial charge in [0.25, 0.3) is 0 Å². The van der Waals surface area contributed by atoms with E-state index in [0.29, 0.717) is 17.8 Å². The van der Waals surface area contributed by atoms with Crippen LogP contribution in [0.5, 0.6) is 0 Å². The maximum absolute atomic E-state index is 11.9. The molecule has 4 aromatic heterocycles. The fraction of sp³-hybridized carbons (Fsp3) is 0.296. The number of nitrogens with one attached hydrogen (secondary N) is 1. The molecule has 36 heavy (non-hydrogen) atoms. The number of thiophene rings is 4. The second kappa shape index (κ2) is 10.6. The standard InChI is InChI=1S/C27H25N3O2S4/c1-15-10-12-33-22(15)24-18(14-28)21(29-6)25(36-24)23-16(2)13-20(35-23)19-8-7-17(34-19)9-11-30-26(31)32-27(3,4)5/h7-8,10,12-13H,9,11H2,1-5H3,(H,30,31). The second-order valence-electron chi connectivity index (χ2n) is 9.21. The molecule has 0 bridgehead atoms. The van der Waals surface area contributed by atoms with E-state index in [1.54, 1.807) is 45.3 Å². The van der Waals surface area contributed by atoms with E-state index in [-0.39, 0.29) is 0 Å². The number of aryl methyl sites for hydroxylation is 2. The minimum atomic E-state index is -0.512. The van der Waals surface area contributed by atoms with Crippen LogP contribution in [-0.2, 0) is 11.2 Å². The molecule has 0 spiro atoms. The Labute approximate surface area is 227 Å². The second-order valence-corrected chi connectivity index (χ2v) is 13.4. The Morgan fingerprint density at radius 1 is 1.06 bits per heavy atom. The van der Waals surface area contributed by atoms with E-state index in [1.165, 1.54) is 4.88 Å². The van der Waals surface area contributed by atoms with Crippen molar-refractivity contribution in [3.63, 3.8) is 0 Å². The van der Waals surface area contributed by atoms with Crippen LogP contribution in [0.25, 0.3) is 34.1 Å². The molecule has 1 amide bonds. The number of hydrogen-bond acceptors (Lipinski definition) is 7. The average Bonchev–Trinajstić information content (AvgIpc) is 3.57. The predicted molar refractivity (Wildman–Crippen MR) is 153 cm³/mol. The quantitative estimate of drug-likeness (QED) is 0.243. The van der Waals surface area contributed by atoms with Crippen molar-refractivity contribution in [2.24, 2.45) is 0 Å². The van der Waals surface area contributed by atoms with Crippen molar-refractivity contribution >= 4 is 57.1 Å². The highest BCUT2D eigenvalue weighted by Crippen LogP contribution is 2.52. The summed E-state index contributed by atoms with van der Waals surface area (Å²) < 4.78 is 5.29. The average molecular weight is 552 g/mol. The van der Waals surface area contributed by atoms with Gasteiger partial charge in [-0.15, -0.1) is 45.3 Å². The highest BCUT2D eigenvalue weighted by Gasteiger charge is 2.25. The Morgan fingerprint density at radius 3 is 2.47 bits per heavy atom. The fourth-order valence-corrected chi connectivity index (χ4v) is 8.42. The lowest BCUT2D eigenvalue weighted by Gasteiger charge is -2.19. The Bertz CT molecular complexity index is 1500.